The molecule has 0 fully saturated rings. The first kappa shape index (κ1) is 17.7. The number of amides is 1. The van der Waals surface area contributed by atoms with E-state index in [4.69, 9.17) is 0 Å². The standard InChI is InChI=1S/C21H19N5O2/c1-25-21(28)18-8-3-2-7-17(18)19(24-25)12-20(27)23-16-6-4-5-15(11-16)13-26-10-9-22-14-26/h2-11,14H,12-13H2,1H3,(H,23,27). The number of fused-ring (bicyclic) bond motifs is 1. The molecule has 0 saturated heterocycles. The molecule has 0 bridgehead atoms. The van der Waals surface area contributed by atoms with E-state index in [9.17, 15) is 9.59 Å². The minimum absolute atomic E-state index is 0.0837. The van der Waals surface area contributed by atoms with Gasteiger partial charge in [0.25, 0.3) is 5.56 Å². The number of aryl methyl sites for hydroxylation is 1. The molecule has 1 N–H and O–H groups in total. The van der Waals surface area contributed by atoms with Gasteiger partial charge in [-0.25, -0.2) is 9.67 Å². The Kier molecular flexibility index (Phi) is 4.72. The Hall–Kier alpha value is -3.74. The van der Waals surface area contributed by atoms with E-state index in [1.807, 2.05) is 47.2 Å². The summed E-state index contributed by atoms with van der Waals surface area (Å²) < 4.78 is 3.23. The van der Waals surface area contributed by atoms with Crippen molar-refractivity contribution in [2.24, 2.45) is 7.05 Å². The maximum atomic E-state index is 12.6. The molecule has 0 atom stereocenters. The Morgan fingerprint density at radius 2 is 1.93 bits per heavy atom. The van der Waals surface area contributed by atoms with Gasteiger partial charge in [-0.15, -0.1) is 0 Å². The first-order chi connectivity index (χ1) is 13.6. The molecule has 0 radical (unpaired) electrons. The molecule has 0 unspecified atom stereocenters. The van der Waals surface area contributed by atoms with E-state index in [0.29, 0.717) is 23.0 Å². The molecule has 2 heterocycles. The van der Waals surface area contributed by atoms with Gasteiger partial charge in [-0.05, 0) is 23.8 Å². The van der Waals surface area contributed by atoms with E-state index in [0.717, 1.165) is 11.3 Å². The Bertz CT molecular complexity index is 1200. The van der Waals surface area contributed by atoms with Crippen LogP contribution in [0.3, 0.4) is 0 Å². The summed E-state index contributed by atoms with van der Waals surface area (Å²) in [6, 6.07) is 14.9. The van der Waals surface area contributed by atoms with E-state index in [1.54, 1.807) is 31.7 Å². The number of hydrogen-bond acceptors (Lipinski definition) is 4. The number of imidazole rings is 1. The van der Waals surface area contributed by atoms with Gasteiger partial charge in [-0.1, -0.05) is 30.3 Å². The van der Waals surface area contributed by atoms with Crippen molar-refractivity contribution in [3.05, 3.63) is 88.9 Å². The summed E-state index contributed by atoms with van der Waals surface area (Å²) in [7, 11) is 1.59. The summed E-state index contributed by atoms with van der Waals surface area (Å²) in [6.07, 6.45) is 5.46. The molecule has 0 aliphatic rings. The quantitative estimate of drug-likeness (QED) is 0.582. The second-order valence-corrected chi connectivity index (χ2v) is 6.58. The summed E-state index contributed by atoms with van der Waals surface area (Å²) >= 11 is 0. The summed E-state index contributed by atoms with van der Waals surface area (Å²) in [5.74, 6) is -0.184. The Balaban J connectivity index is 1.53. The zero-order valence-corrected chi connectivity index (χ0v) is 15.4. The molecule has 1 amide bonds. The van der Waals surface area contributed by atoms with Gasteiger partial charge >= 0.3 is 0 Å². The smallest absolute Gasteiger partial charge is 0.274 e. The molecule has 2 aromatic heterocycles. The predicted molar refractivity (Wildman–Crippen MR) is 107 cm³/mol. The monoisotopic (exact) mass is 373 g/mol. The van der Waals surface area contributed by atoms with Gasteiger partial charge in [-0.2, -0.15) is 5.10 Å². The summed E-state index contributed by atoms with van der Waals surface area (Å²) in [5.41, 5.74) is 2.18. The fourth-order valence-corrected chi connectivity index (χ4v) is 3.20. The second-order valence-electron chi connectivity index (χ2n) is 6.58. The third-order valence-corrected chi connectivity index (χ3v) is 4.50. The lowest BCUT2D eigenvalue weighted by molar-refractivity contribution is -0.115. The van der Waals surface area contributed by atoms with Crippen LogP contribution < -0.4 is 10.9 Å². The molecule has 28 heavy (non-hydrogen) atoms. The molecule has 7 heteroatoms. The minimum Gasteiger partial charge on any atom is -0.333 e. The van der Waals surface area contributed by atoms with Gasteiger partial charge in [0, 0.05) is 37.1 Å². The first-order valence-electron chi connectivity index (χ1n) is 8.89. The number of anilines is 1. The van der Waals surface area contributed by atoms with E-state index in [1.165, 1.54) is 4.68 Å². The maximum absolute atomic E-state index is 12.6. The number of carbonyl (C=O) groups excluding carboxylic acids is 1. The minimum atomic E-state index is -0.184. The number of nitrogens with zero attached hydrogens (tertiary/aromatic N) is 4. The van der Waals surface area contributed by atoms with Crippen molar-refractivity contribution in [2.75, 3.05) is 5.32 Å². The second kappa shape index (κ2) is 7.48. The molecule has 0 spiro atoms. The Labute approximate surface area is 161 Å². The normalized spacial score (nSPS) is 10.9. The van der Waals surface area contributed by atoms with E-state index < -0.39 is 0 Å². The van der Waals surface area contributed by atoms with Crippen LogP contribution in [0.1, 0.15) is 11.3 Å². The van der Waals surface area contributed by atoms with E-state index in [2.05, 4.69) is 15.4 Å². The molecular formula is C21H19N5O2. The van der Waals surface area contributed by atoms with E-state index >= 15 is 0 Å². The van der Waals surface area contributed by atoms with Crippen molar-refractivity contribution in [1.82, 2.24) is 19.3 Å². The maximum Gasteiger partial charge on any atom is 0.274 e. The van der Waals surface area contributed by atoms with Crippen molar-refractivity contribution >= 4 is 22.4 Å². The van der Waals surface area contributed by atoms with Gasteiger partial charge in [0.15, 0.2) is 0 Å². The average molecular weight is 373 g/mol. The molecule has 0 aliphatic heterocycles. The highest BCUT2D eigenvalue weighted by Crippen LogP contribution is 2.16. The Morgan fingerprint density at radius 3 is 2.71 bits per heavy atom. The zero-order chi connectivity index (χ0) is 19.5. The largest absolute Gasteiger partial charge is 0.333 e. The van der Waals surface area contributed by atoms with Crippen molar-refractivity contribution in [3.63, 3.8) is 0 Å². The number of hydrogen-bond donors (Lipinski definition) is 1. The van der Waals surface area contributed by atoms with Crippen LogP contribution in [0.4, 0.5) is 5.69 Å². The topological polar surface area (TPSA) is 81.8 Å². The lowest BCUT2D eigenvalue weighted by Gasteiger charge is -2.10. The number of aromatic nitrogens is 4. The lowest BCUT2D eigenvalue weighted by Crippen LogP contribution is -2.24. The van der Waals surface area contributed by atoms with Crippen molar-refractivity contribution < 1.29 is 4.79 Å². The van der Waals surface area contributed by atoms with Crippen LogP contribution in [0.15, 0.2) is 72.0 Å². The predicted octanol–water partition coefficient (Wildman–Crippen LogP) is 2.36. The molecule has 4 aromatic rings. The molecule has 0 saturated carbocycles. The van der Waals surface area contributed by atoms with Crippen molar-refractivity contribution in [3.8, 4) is 0 Å². The molecule has 4 rings (SSSR count). The van der Waals surface area contributed by atoms with Gasteiger partial charge < -0.3 is 9.88 Å². The van der Waals surface area contributed by atoms with Gasteiger partial charge in [0.05, 0.1) is 23.8 Å². The first-order valence-corrected chi connectivity index (χ1v) is 8.89. The van der Waals surface area contributed by atoms with Gasteiger partial charge in [0.1, 0.15) is 0 Å². The summed E-state index contributed by atoms with van der Waals surface area (Å²) in [6.45, 7) is 0.677. The van der Waals surface area contributed by atoms with Crippen molar-refractivity contribution in [1.29, 1.82) is 0 Å². The van der Waals surface area contributed by atoms with Crippen LogP contribution >= 0.6 is 0 Å². The molecular weight excluding hydrogens is 354 g/mol. The fraction of sp³-hybridized carbons (Fsp3) is 0.143. The fourth-order valence-electron chi connectivity index (χ4n) is 3.20. The molecule has 7 nitrogen and oxygen atoms in total. The summed E-state index contributed by atoms with van der Waals surface area (Å²) in [4.78, 5) is 28.9. The van der Waals surface area contributed by atoms with Crippen molar-refractivity contribution in [2.45, 2.75) is 13.0 Å². The van der Waals surface area contributed by atoms with Crippen LogP contribution in [-0.4, -0.2) is 25.2 Å². The van der Waals surface area contributed by atoms with Crippen LogP contribution in [0.5, 0.6) is 0 Å². The van der Waals surface area contributed by atoms with Gasteiger partial charge in [0.2, 0.25) is 5.91 Å². The SMILES string of the molecule is Cn1nc(CC(=O)Nc2cccc(Cn3ccnc3)c2)c2ccccc2c1=O. The number of rotatable bonds is 5. The molecule has 0 aliphatic carbocycles. The summed E-state index contributed by atoms with van der Waals surface area (Å²) in [5, 5.41) is 8.46. The lowest BCUT2D eigenvalue weighted by atomic mass is 10.1. The third kappa shape index (κ3) is 3.68. The highest BCUT2D eigenvalue weighted by Gasteiger charge is 2.12. The number of benzene rings is 2. The average Bonchev–Trinajstić information content (AvgIpc) is 3.19. The highest BCUT2D eigenvalue weighted by atomic mass is 16.1. The third-order valence-electron chi connectivity index (χ3n) is 4.50. The highest BCUT2D eigenvalue weighted by molar-refractivity contribution is 5.95. The molecule has 140 valence electrons. The Morgan fingerprint density at radius 1 is 1.11 bits per heavy atom. The van der Waals surface area contributed by atoms with Crippen LogP contribution in [0, 0.1) is 0 Å². The van der Waals surface area contributed by atoms with Crippen LogP contribution in [0.2, 0.25) is 0 Å². The zero-order valence-electron chi connectivity index (χ0n) is 15.4. The number of nitrogens with one attached hydrogen (secondary N) is 1. The molecule has 2 aromatic carbocycles. The number of carbonyl (C=O) groups is 1. The van der Waals surface area contributed by atoms with Crippen LogP contribution in [0.25, 0.3) is 10.8 Å². The van der Waals surface area contributed by atoms with Crippen LogP contribution in [-0.2, 0) is 24.8 Å². The van der Waals surface area contributed by atoms with Gasteiger partial charge in [-0.3, -0.25) is 9.59 Å². The van der Waals surface area contributed by atoms with E-state index in [-0.39, 0.29) is 17.9 Å².